The number of hydrogen-bond acceptors (Lipinski definition) is 2. The van der Waals surface area contributed by atoms with Gasteiger partial charge in [0.15, 0.2) is 0 Å². The molecule has 0 amide bonds. The van der Waals surface area contributed by atoms with Crippen molar-refractivity contribution in [2.75, 3.05) is 0 Å². The Hall–Kier alpha value is -2.96. The highest BCUT2D eigenvalue weighted by Gasteiger charge is 2.25. The van der Waals surface area contributed by atoms with Gasteiger partial charge in [0.25, 0.3) is 0 Å². The molecule has 1 unspecified atom stereocenters. The van der Waals surface area contributed by atoms with Gasteiger partial charge in [0, 0.05) is 6.42 Å². The fourth-order valence-electron chi connectivity index (χ4n) is 3.68. The molecule has 3 heteroatoms. The van der Waals surface area contributed by atoms with E-state index >= 15 is 0 Å². The van der Waals surface area contributed by atoms with Crippen LogP contribution in [-0.2, 0) is 4.74 Å². The summed E-state index contributed by atoms with van der Waals surface area (Å²) in [5.74, 6) is -0.282. The third kappa shape index (κ3) is 6.05. The summed E-state index contributed by atoms with van der Waals surface area (Å²) < 4.78 is 6.07. The van der Waals surface area contributed by atoms with Gasteiger partial charge in [0.05, 0.1) is 5.56 Å². The van der Waals surface area contributed by atoms with Gasteiger partial charge in [-0.1, -0.05) is 104 Å². The van der Waals surface area contributed by atoms with E-state index in [4.69, 9.17) is 4.74 Å². The van der Waals surface area contributed by atoms with Crippen molar-refractivity contribution in [3.05, 3.63) is 114 Å². The predicted octanol–water partition coefficient (Wildman–Crippen LogP) is 6.29. The van der Waals surface area contributed by atoms with Crippen LogP contribution in [0.25, 0.3) is 0 Å². The van der Waals surface area contributed by atoms with Crippen molar-refractivity contribution < 1.29 is 9.53 Å². The molecule has 32 heavy (non-hydrogen) atoms. The number of hydrogen-bond donors (Lipinski definition) is 0. The second-order valence-corrected chi connectivity index (χ2v) is 10.1. The molecule has 0 fully saturated rings. The van der Waals surface area contributed by atoms with Gasteiger partial charge < -0.3 is 4.74 Å². The molecular formula is C29H31O2P. The van der Waals surface area contributed by atoms with E-state index in [2.05, 4.69) is 74.2 Å². The topological polar surface area (TPSA) is 26.3 Å². The molecule has 0 aliphatic heterocycles. The zero-order valence-corrected chi connectivity index (χ0v) is 20.0. The van der Waals surface area contributed by atoms with Crippen molar-refractivity contribution in [3.8, 4) is 0 Å². The predicted molar refractivity (Wildman–Crippen MR) is 138 cm³/mol. The first kappa shape index (κ1) is 23.7. The van der Waals surface area contributed by atoms with Gasteiger partial charge in [-0.2, -0.15) is 0 Å². The maximum atomic E-state index is 13.5. The fourth-order valence-corrected chi connectivity index (χ4v) is 6.12. The van der Waals surface area contributed by atoms with Crippen LogP contribution < -0.4 is 15.9 Å². The molecule has 0 saturated carbocycles. The molecule has 3 aromatic carbocycles. The minimum Gasteiger partial charge on any atom is -0.454 e. The summed E-state index contributed by atoms with van der Waals surface area (Å²) in [7, 11) is -0.896. The first-order chi connectivity index (χ1) is 15.5. The molecule has 3 aromatic rings. The van der Waals surface area contributed by atoms with Crippen molar-refractivity contribution in [3.63, 3.8) is 0 Å². The van der Waals surface area contributed by atoms with Crippen molar-refractivity contribution in [1.29, 1.82) is 0 Å². The van der Waals surface area contributed by atoms with Crippen molar-refractivity contribution in [2.24, 2.45) is 0 Å². The number of ether oxygens (including phenoxy) is 1. The maximum Gasteiger partial charge on any atom is 0.339 e. The molecule has 164 valence electrons. The van der Waals surface area contributed by atoms with E-state index in [1.807, 2.05) is 44.2 Å². The lowest BCUT2D eigenvalue weighted by molar-refractivity contribution is 0.0376. The molecule has 0 N–H and O–H groups in total. The summed E-state index contributed by atoms with van der Waals surface area (Å²) in [6.07, 6.45) is 3.35. The van der Waals surface area contributed by atoms with Crippen molar-refractivity contribution in [2.45, 2.75) is 39.7 Å². The smallest absolute Gasteiger partial charge is 0.339 e. The molecule has 2 nitrogen and oxygen atoms in total. The monoisotopic (exact) mass is 442 g/mol. The Morgan fingerprint density at radius 1 is 0.906 bits per heavy atom. The molecule has 0 heterocycles. The highest BCUT2D eigenvalue weighted by atomic mass is 31.1. The molecule has 0 aliphatic rings. The molecule has 1 atom stereocenters. The average molecular weight is 443 g/mol. The van der Waals surface area contributed by atoms with Crippen LogP contribution in [0.15, 0.2) is 109 Å². The largest absolute Gasteiger partial charge is 0.454 e. The molecule has 0 spiro atoms. The molecule has 0 aromatic heterocycles. The number of carbonyl (C=O) groups is 1. The minimum atomic E-state index is -0.896. The third-order valence-electron chi connectivity index (χ3n) is 5.21. The van der Waals surface area contributed by atoms with Crippen LogP contribution in [0.1, 0.15) is 44.0 Å². The van der Waals surface area contributed by atoms with Crippen LogP contribution in [0.3, 0.4) is 0 Å². The highest BCUT2D eigenvalue weighted by molar-refractivity contribution is 7.80. The van der Waals surface area contributed by atoms with Crippen LogP contribution in [0.2, 0.25) is 0 Å². The molecule has 0 saturated heterocycles. The fraction of sp³-hybridized carbons (Fsp3) is 0.207. The number of carbonyl (C=O) groups excluding carboxylic acids is 1. The molecular weight excluding hydrogens is 411 g/mol. The molecule has 0 radical (unpaired) electrons. The SMILES string of the molecule is C=C(C)CC(OC(=O)c1ccccc1P(c1ccccc1)c1ccccc1)/C(C)=C/CC. The Morgan fingerprint density at radius 2 is 1.44 bits per heavy atom. The number of esters is 1. The maximum absolute atomic E-state index is 13.5. The first-order valence-electron chi connectivity index (χ1n) is 11.0. The van der Waals surface area contributed by atoms with Crippen LogP contribution >= 0.6 is 7.92 Å². The normalized spacial score (nSPS) is 12.4. The van der Waals surface area contributed by atoms with Gasteiger partial charge in [0.2, 0.25) is 0 Å². The Kier molecular flexibility index (Phi) is 8.59. The van der Waals surface area contributed by atoms with Crippen molar-refractivity contribution >= 4 is 29.8 Å². The minimum absolute atomic E-state index is 0.282. The van der Waals surface area contributed by atoms with E-state index in [-0.39, 0.29) is 12.1 Å². The van der Waals surface area contributed by atoms with Crippen LogP contribution in [0.5, 0.6) is 0 Å². The zero-order chi connectivity index (χ0) is 22.9. The molecule has 0 aliphatic carbocycles. The van der Waals surface area contributed by atoms with E-state index in [1.165, 1.54) is 10.6 Å². The zero-order valence-electron chi connectivity index (χ0n) is 19.1. The summed E-state index contributed by atoms with van der Waals surface area (Å²) in [5, 5.41) is 3.42. The second-order valence-electron chi connectivity index (χ2n) is 7.94. The lowest BCUT2D eigenvalue weighted by Crippen LogP contribution is -2.28. The highest BCUT2D eigenvalue weighted by Crippen LogP contribution is 2.34. The van der Waals surface area contributed by atoms with Crippen LogP contribution in [-0.4, -0.2) is 12.1 Å². The van der Waals surface area contributed by atoms with Gasteiger partial charge in [-0.3, -0.25) is 0 Å². The first-order valence-corrected chi connectivity index (χ1v) is 12.4. The van der Waals surface area contributed by atoms with Crippen LogP contribution in [0, 0.1) is 0 Å². The lowest BCUT2D eigenvalue weighted by Gasteiger charge is -2.24. The third-order valence-corrected chi connectivity index (χ3v) is 7.71. The van der Waals surface area contributed by atoms with E-state index in [0.29, 0.717) is 12.0 Å². The Bertz CT molecular complexity index is 1030. The van der Waals surface area contributed by atoms with Gasteiger partial charge >= 0.3 is 5.97 Å². The van der Waals surface area contributed by atoms with E-state index in [1.54, 1.807) is 0 Å². The molecule has 0 bridgehead atoms. The summed E-state index contributed by atoms with van der Waals surface area (Å²) in [4.78, 5) is 13.5. The Labute approximate surface area is 193 Å². The average Bonchev–Trinajstić information content (AvgIpc) is 2.80. The van der Waals surface area contributed by atoms with E-state index < -0.39 is 7.92 Å². The summed E-state index contributed by atoms with van der Waals surface area (Å²) in [6, 6.07) is 28.7. The standard InChI is InChI=1S/C29H31O2P/c1-5-14-23(4)27(21-22(2)3)31-29(30)26-19-12-13-20-28(26)32(24-15-8-6-9-16-24)25-17-10-7-11-18-25/h6-20,27H,2,5,21H2,1,3-4H3/b23-14+. The van der Waals surface area contributed by atoms with E-state index in [0.717, 1.165) is 22.9 Å². The van der Waals surface area contributed by atoms with Crippen LogP contribution in [0.4, 0.5) is 0 Å². The number of allylic oxidation sites excluding steroid dienone is 1. The molecule has 3 rings (SSSR count). The van der Waals surface area contributed by atoms with Gasteiger partial charge in [-0.05, 0) is 55.7 Å². The second kappa shape index (κ2) is 11.6. The number of benzene rings is 3. The summed E-state index contributed by atoms with van der Waals surface area (Å²) >= 11 is 0. The van der Waals surface area contributed by atoms with Gasteiger partial charge in [0.1, 0.15) is 6.10 Å². The van der Waals surface area contributed by atoms with Crippen molar-refractivity contribution in [1.82, 2.24) is 0 Å². The summed E-state index contributed by atoms with van der Waals surface area (Å²) in [5.41, 5.74) is 2.69. The van der Waals surface area contributed by atoms with Gasteiger partial charge in [-0.15, -0.1) is 0 Å². The lowest BCUT2D eigenvalue weighted by atomic mass is 10.0. The summed E-state index contributed by atoms with van der Waals surface area (Å²) in [6.45, 7) is 10.1. The quantitative estimate of drug-likeness (QED) is 0.221. The Balaban J connectivity index is 2.03. The van der Waals surface area contributed by atoms with E-state index in [9.17, 15) is 4.79 Å². The Morgan fingerprint density at radius 3 is 1.97 bits per heavy atom. The number of rotatable bonds is 9. The van der Waals surface area contributed by atoms with Gasteiger partial charge in [-0.25, -0.2) is 4.79 Å².